The number of aromatic nitrogens is 4. The molecule has 2 rings (SSSR count). The number of nitrogen functional groups attached to an aromatic ring is 1. The van der Waals surface area contributed by atoms with Crippen LogP contribution in [0.1, 0.15) is 0 Å². The normalized spacial score (nSPS) is 10.9. The minimum Gasteiger partial charge on any atom is -0.475 e. The van der Waals surface area contributed by atoms with Crippen LogP contribution < -0.4 is 10.5 Å². The van der Waals surface area contributed by atoms with Crippen LogP contribution in [0, 0.1) is 0 Å². The van der Waals surface area contributed by atoms with Gasteiger partial charge >= 0.3 is 0 Å². The topological polar surface area (TPSA) is 108 Å². The molecule has 8 heteroatoms. The van der Waals surface area contributed by atoms with Crippen molar-refractivity contribution in [3.05, 3.63) is 6.20 Å². The van der Waals surface area contributed by atoms with Gasteiger partial charge in [-0.1, -0.05) is 0 Å². The Morgan fingerprint density at radius 2 is 2.06 bits per heavy atom. The number of hydrogen-bond acceptors (Lipinski definition) is 7. The predicted molar refractivity (Wildman–Crippen MR) is 64.3 cm³/mol. The fourth-order valence-electron chi connectivity index (χ4n) is 1.38. The molecule has 0 aliphatic heterocycles. The molecule has 0 aromatic carbocycles. The zero-order chi connectivity index (χ0) is 12.8. The maximum absolute atomic E-state index is 5.56. The summed E-state index contributed by atoms with van der Waals surface area (Å²) in [5.74, 6) is 0.545. The molecule has 98 valence electrons. The number of rotatable bonds is 7. The first-order valence-corrected chi connectivity index (χ1v) is 5.47. The van der Waals surface area contributed by atoms with E-state index >= 15 is 0 Å². The van der Waals surface area contributed by atoms with Gasteiger partial charge in [-0.2, -0.15) is 15.1 Å². The van der Waals surface area contributed by atoms with E-state index in [1.807, 2.05) is 0 Å². The lowest BCUT2D eigenvalue weighted by molar-refractivity contribution is 0.0540. The van der Waals surface area contributed by atoms with Crippen molar-refractivity contribution < 1.29 is 14.2 Å². The van der Waals surface area contributed by atoms with Crippen molar-refractivity contribution in [1.82, 2.24) is 20.2 Å². The van der Waals surface area contributed by atoms with Gasteiger partial charge in [0.2, 0.25) is 11.8 Å². The van der Waals surface area contributed by atoms with Gasteiger partial charge in [0, 0.05) is 7.11 Å². The van der Waals surface area contributed by atoms with Gasteiger partial charge in [0.1, 0.15) is 12.0 Å². The molecule has 0 fully saturated rings. The van der Waals surface area contributed by atoms with Crippen molar-refractivity contribution in [3.8, 4) is 5.88 Å². The van der Waals surface area contributed by atoms with Crippen LogP contribution in [0.3, 0.4) is 0 Å². The summed E-state index contributed by atoms with van der Waals surface area (Å²) in [6.45, 7) is 1.92. The molecule has 0 radical (unpaired) electrons. The van der Waals surface area contributed by atoms with Crippen LogP contribution in [-0.4, -0.2) is 53.7 Å². The van der Waals surface area contributed by atoms with Crippen molar-refractivity contribution in [2.75, 3.05) is 39.3 Å². The van der Waals surface area contributed by atoms with Crippen LogP contribution in [0.4, 0.5) is 5.95 Å². The van der Waals surface area contributed by atoms with Gasteiger partial charge in [0.05, 0.1) is 26.0 Å². The lowest BCUT2D eigenvalue weighted by Gasteiger charge is -2.07. The number of aromatic amines is 1. The lowest BCUT2D eigenvalue weighted by atomic mass is 10.4. The summed E-state index contributed by atoms with van der Waals surface area (Å²) in [5, 5.41) is 7.27. The Balaban J connectivity index is 1.89. The monoisotopic (exact) mass is 253 g/mol. The fourth-order valence-corrected chi connectivity index (χ4v) is 1.38. The van der Waals surface area contributed by atoms with Crippen molar-refractivity contribution in [2.45, 2.75) is 0 Å². The highest BCUT2D eigenvalue weighted by Crippen LogP contribution is 2.20. The molecule has 0 aliphatic carbocycles. The standard InChI is InChI=1S/C10H15N5O3/c1-16-2-3-17-4-5-18-9-7-6-12-15-8(7)13-10(11)14-9/h6H,2-5H2,1H3,(H3,11,12,13,14,15). The highest BCUT2D eigenvalue weighted by molar-refractivity contribution is 5.80. The maximum Gasteiger partial charge on any atom is 0.229 e. The molecule has 0 amide bonds. The first kappa shape index (κ1) is 12.5. The Labute approximate surface area is 103 Å². The quantitative estimate of drug-likeness (QED) is 0.667. The smallest absolute Gasteiger partial charge is 0.229 e. The average molecular weight is 253 g/mol. The van der Waals surface area contributed by atoms with E-state index in [4.69, 9.17) is 19.9 Å². The third-order valence-electron chi connectivity index (χ3n) is 2.19. The van der Waals surface area contributed by atoms with Gasteiger partial charge < -0.3 is 19.9 Å². The highest BCUT2D eigenvalue weighted by atomic mass is 16.5. The van der Waals surface area contributed by atoms with Crippen LogP contribution in [0.15, 0.2) is 6.20 Å². The Kier molecular flexibility index (Phi) is 4.26. The van der Waals surface area contributed by atoms with Crippen LogP contribution in [-0.2, 0) is 9.47 Å². The summed E-state index contributed by atoms with van der Waals surface area (Å²) < 4.78 is 15.6. The van der Waals surface area contributed by atoms with Gasteiger partial charge in [-0.05, 0) is 0 Å². The summed E-state index contributed by atoms with van der Waals surface area (Å²) in [5.41, 5.74) is 6.11. The summed E-state index contributed by atoms with van der Waals surface area (Å²) in [7, 11) is 1.62. The molecule has 0 saturated heterocycles. The Hall–Kier alpha value is -1.93. The first-order chi connectivity index (χ1) is 8.81. The van der Waals surface area contributed by atoms with Crippen molar-refractivity contribution >= 4 is 17.0 Å². The zero-order valence-electron chi connectivity index (χ0n) is 10.0. The molecule has 8 nitrogen and oxygen atoms in total. The third kappa shape index (κ3) is 3.05. The molecule has 2 heterocycles. The Bertz CT molecular complexity index is 501. The number of fused-ring (bicyclic) bond motifs is 1. The molecule has 0 aliphatic rings. The van der Waals surface area contributed by atoms with Gasteiger partial charge in [-0.3, -0.25) is 5.10 Å². The summed E-state index contributed by atoms with van der Waals surface area (Å²) in [6.07, 6.45) is 1.59. The molecule has 0 saturated carbocycles. The highest BCUT2D eigenvalue weighted by Gasteiger charge is 2.08. The first-order valence-electron chi connectivity index (χ1n) is 5.47. The van der Waals surface area contributed by atoms with E-state index in [2.05, 4.69) is 20.2 Å². The second-order valence-corrected chi connectivity index (χ2v) is 3.47. The number of nitrogens with zero attached hydrogens (tertiary/aromatic N) is 3. The summed E-state index contributed by atoms with van der Waals surface area (Å²) in [6, 6.07) is 0. The molecule has 2 aromatic heterocycles. The number of anilines is 1. The number of hydrogen-bond donors (Lipinski definition) is 2. The minimum atomic E-state index is 0.141. The van der Waals surface area contributed by atoms with Gasteiger partial charge in [-0.15, -0.1) is 0 Å². The summed E-state index contributed by atoms with van der Waals surface area (Å²) in [4.78, 5) is 8.00. The predicted octanol–water partition coefficient (Wildman–Crippen LogP) is -0.0231. The third-order valence-corrected chi connectivity index (χ3v) is 2.19. The SMILES string of the molecule is COCCOCCOc1nc(N)nc2[nH]ncc12. The summed E-state index contributed by atoms with van der Waals surface area (Å²) >= 11 is 0. The Morgan fingerprint density at radius 1 is 1.22 bits per heavy atom. The van der Waals surface area contributed by atoms with Crippen LogP contribution in [0.5, 0.6) is 5.88 Å². The molecule has 18 heavy (non-hydrogen) atoms. The number of nitrogens with two attached hydrogens (primary N) is 1. The number of nitrogens with one attached hydrogen (secondary N) is 1. The number of H-pyrrole nitrogens is 1. The molecule has 0 atom stereocenters. The van der Waals surface area contributed by atoms with Gasteiger partial charge in [-0.25, -0.2) is 0 Å². The molecule has 0 bridgehead atoms. The fraction of sp³-hybridized carbons (Fsp3) is 0.500. The molecular formula is C10H15N5O3. The molecule has 3 N–H and O–H groups in total. The lowest BCUT2D eigenvalue weighted by Crippen LogP contribution is -2.11. The maximum atomic E-state index is 5.56. The van der Waals surface area contributed by atoms with E-state index in [9.17, 15) is 0 Å². The van der Waals surface area contributed by atoms with Crippen molar-refractivity contribution in [3.63, 3.8) is 0 Å². The van der Waals surface area contributed by atoms with E-state index in [-0.39, 0.29) is 5.95 Å². The molecular weight excluding hydrogens is 238 g/mol. The van der Waals surface area contributed by atoms with E-state index in [1.54, 1.807) is 13.3 Å². The van der Waals surface area contributed by atoms with E-state index in [0.717, 1.165) is 0 Å². The number of methoxy groups -OCH3 is 1. The van der Waals surface area contributed by atoms with E-state index < -0.39 is 0 Å². The molecule has 0 unspecified atom stereocenters. The Morgan fingerprint density at radius 3 is 2.89 bits per heavy atom. The van der Waals surface area contributed by atoms with E-state index in [0.29, 0.717) is 43.3 Å². The van der Waals surface area contributed by atoms with Crippen molar-refractivity contribution in [1.29, 1.82) is 0 Å². The second-order valence-electron chi connectivity index (χ2n) is 3.47. The molecule has 0 spiro atoms. The van der Waals surface area contributed by atoms with Crippen molar-refractivity contribution in [2.24, 2.45) is 0 Å². The largest absolute Gasteiger partial charge is 0.475 e. The van der Waals surface area contributed by atoms with E-state index in [1.165, 1.54) is 0 Å². The van der Waals surface area contributed by atoms with Gasteiger partial charge in [0.25, 0.3) is 0 Å². The second kappa shape index (κ2) is 6.12. The van der Waals surface area contributed by atoms with Crippen LogP contribution in [0.25, 0.3) is 11.0 Å². The zero-order valence-corrected chi connectivity index (χ0v) is 10.0. The molecule has 2 aromatic rings. The van der Waals surface area contributed by atoms with Gasteiger partial charge in [0.15, 0.2) is 5.65 Å². The van der Waals surface area contributed by atoms with Crippen LogP contribution in [0.2, 0.25) is 0 Å². The number of ether oxygens (including phenoxy) is 3. The minimum absolute atomic E-state index is 0.141. The average Bonchev–Trinajstić information content (AvgIpc) is 2.81. The van der Waals surface area contributed by atoms with Crippen LogP contribution >= 0.6 is 0 Å².